The van der Waals surface area contributed by atoms with Crippen molar-refractivity contribution < 1.29 is 13.6 Å². The fraction of sp³-hybridized carbons (Fsp3) is 0.542. The zero-order valence-corrected chi connectivity index (χ0v) is 18.8. The summed E-state index contributed by atoms with van der Waals surface area (Å²) in [5.41, 5.74) is 0.794. The summed E-state index contributed by atoms with van der Waals surface area (Å²) in [4.78, 5) is 30.5. The van der Waals surface area contributed by atoms with E-state index in [2.05, 4.69) is 24.7 Å². The van der Waals surface area contributed by atoms with E-state index in [1.807, 2.05) is 4.90 Å². The van der Waals surface area contributed by atoms with Gasteiger partial charge in [0, 0.05) is 70.0 Å². The van der Waals surface area contributed by atoms with E-state index in [0.717, 1.165) is 70.3 Å². The molecule has 0 unspecified atom stereocenters. The zero-order valence-electron chi connectivity index (χ0n) is 18.8. The number of halogens is 2. The van der Waals surface area contributed by atoms with Crippen molar-refractivity contribution in [2.24, 2.45) is 0 Å². The van der Waals surface area contributed by atoms with Gasteiger partial charge in [0.1, 0.15) is 17.5 Å². The van der Waals surface area contributed by atoms with Crippen molar-refractivity contribution in [2.45, 2.75) is 25.3 Å². The molecule has 0 radical (unpaired) electrons. The first-order chi connectivity index (χ1) is 16.0. The number of carbonyl (C=O) groups is 1. The van der Waals surface area contributed by atoms with Gasteiger partial charge in [-0.1, -0.05) is 6.42 Å². The van der Waals surface area contributed by atoms with Crippen molar-refractivity contribution in [1.29, 1.82) is 0 Å². The van der Waals surface area contributed by atoms with Crippen LogP contribution >= 0.6 is 0 Å². The van der Waals surface area contributed by atoms with Crippen LogP contribution in [0.3, 0.4) is 0 Å². The van der Waals surface area contributed by atoms with Crippen molar-refractivity contribution in [3.8, 4) is 11.3 Å². The van der Waals surface area contributed by atoms with Crippen molar-refractivity contribution in [2.75, 3.05) is 63.8 Å². The Bertz CT molecular complexity index is 947. The van der Waals surface area contributed by atoms with Crippen molar-refractivity contribution in [3.05, 3.63) is 42.2 Å². The van der Waals surface area contributed by atoms with Crippen LogP contribution in [0.2, 0.25) is 0 Å². The van der Waals surface area contributed by atoms with Crippen LogP contribution < -0.4 is 4.90 Å². The molecule has 1 amide bonds. The summed E-state index contributed by atoms with van der Waals surface area (Å²) in [7, 11) is 0. The van der Waals surface area contributed by atoms with Crippen LogP contribution in [0, 0.1) is 11.6 Å². The molecule has 0 spiro atoms. The van der Waals surface area contributed by atoms with Gasteiger partial charge in [0.15, 0.2) is 0 Å². The van der Waals surface area contributed by atoms with Crippen molar-refractivity contribution in [1.82, 2.24) is 24.7 Å². The lowest BCUT2D eigenvalue weighted by molar-refractivity contribution is -0.134. The van der Waals surface area contributed by atoms with Gasteiger partial charge in [-0.25, -0.2) is 13.8 Å². The Morgan fingerprint density at radius 2 is 1.58 bits per heavy atom. The Kier molecular flexibility index (Phi) is 6.50. The average molecular weight is 457 g/mol. The Balaban J connectivity index is 1.09. The fourth-order valence-corrected chi connectivity index (χ4v) is 4.85. The van der Waals surface area contributed by atoms with Gasteiger partial charge in [-0.05, 0) is 25.0 Å². The molecule has 0 N–H and O–H groups in total. The molecule has 2 aliphatic heterocycles. The molecule has 3 aliphatic rings. The Labute approximate surface area is 193 Å². The lowest BCUT2D eigenvalue weighted by atomic mass is 9.91. The minimum Gasteiger partial charge on any atom is -0.353 e. The average Bonchev–Trinajstić information content (AvgIpc) is 2.78. The second-order valence-corrected chi connectivity index (χ2v) is 9.18. The molecule has 3 fully saturated rings. The molecular weight excluding hydrogens is 426 g/mol. The number of nitrogens with zero attached hydrogens (tertiary/aromatic N) is 6. The normalized spacial score (nSPS) is 20.7. The number of amides is 1. The molecular formula is C24H30F2N6O. The van der Waals surface area contributed by atoms with Gasteiger partial charge >= 0.3 is 0 Å². The molecule has 1 aliphatic carbocycles. The number of benzene rings is 1. The minimum atomic E-state index is -0.637. The van der Waals surface area contributed by atoms with E-state index in [9.17, 15) is 13.6 Å². The Morgan fingerprint density at radius 1 is 0.879 bits per heavy atom. The summed E-state index contributed by atoms with van der Waals surface area (Å²) in [5, 5.41) is 0. The summed E-state index contributed by atoms with van der Waals surface area (Å²) in [6.45, 7) is 7.23. The standard InChI is InChI=1S/C24H30F2N6O/c25-19-12-18(13-20(26)14-19)22-15-28-23(16-27-22)31-6-4-29(5-7-31)17-24(33)32-10-8-30(9-11-32)21-2-1-3-21/h12-16,21H,1-11,17H2. The summed E-state index contributed by atoms with van der Waals surface area (Å²) < 4.78 is 26.9. The molecule has 9 heteroatoms. The van der Waals surface area contributed by atoms with Gasteiger partial charge in [-0.15, -0.1) is 0 Å². The van der Waals surface area contributed by atoms with Crippen LogP contribution in [0.5, 0.6) is 0 Å². The summed E-state index contributed by atoms with van der Waals surface area (Å²) >= 11 is 0. The predicted molar refractivity (Wildman–Crippen MR) is 122 cm³/mol. The summed E-state index contributed by atoms with van der Waals surface area (Å²) in [6.07, 6.45) is 7.16. The number of rotatable bonds is 5. The molecule has 0 atom stereocenters. The molecule has 33 heavy (non-hydrogen) atoms. The topological polar surface area (TPSA) is 55.8 Å². The third kappa shape index (κ3) is 5.14. The van der Waals surface area contributed by atoms with Gasteiger partial charge in [0.05, 0.1) is 24.6 Å². The van der Waals surface area contributed by atoms with E-state index >= 15 is 0 Å². The highest BCUT2D eigenvalue weighted by Crippen LogP contribution is 2.25. The molecule has 7 nitrogen and oxygen atoms in total. The molecule has 0 bridgehead atoms. The second-order valence-electron chi connectivity index (χ2n) is 9.18. The lowest BCUT2D eigenvalue weighted by Crippen LogP contribution is -2.56. The number of aromatic nitrogens is 2. The first-order valence-corrected chi connectivity index (χ1v) is 11.8. The third-order valence-electron chi connectivity index (χ3n) is 7.11. The largest absolute Gasteiger partial charge is 0.353 e. The highest BCUT2D eigenvalue weighted by Gasteiger charge is 2.30. The quantitative estimate of drug-likeness (QED) is 0.688. The second kappa shape index (κ2) is 9.69. The highest BCUT2D eigenvalue weighted by atomic mass is 19.1. The maximum atomic E-state index is 13.5. The molecule has 1 aromatic heterocycles. The number of hydrogen-bond donors (Lipinski definition) is 0. The first-order valence-electron chi connectivity index (χ1n) is 11.8. The molecule has 3 heterocycles. The maximum Gasteiger partial charge on any atom is 0.236 e. The first kappa shape index (κ1) is 22.2. The molecule has 1 aromatic carbocycles. The van der Waals surface area contributed by atoms with Gasteiger partial charge in [0.2, 0.25) is 5.91 Å². The van der Waals surface area contributed by atoms with E-state index in [-0.39, 0.29) is 5.91 Å². The smallest absolute Gasteiger partial charge is 0.236 e. The summed E-state index contributed by atoms with van der Waals surface area (Å²) in [5.74, 6) is -0.319. The van der Waals surface area contributed by atoms with Crippen LogP contribution in [0.15, 0.2) is 30.6 Å². The van der Waals surface area contributed by atoms with Crippen LogP contribution in [0.4, 0.5) is 14.6 Å². The van der Waals surface area contributed by atoms with E-state index in [1.165, 1.54) is 31.4 Å². The molecule has 5 rings (SSSR count). The predicted octanol–water partition coefficient (Wildman–Crippen LogP) is 2.24. The van der Waals surface area contributed by atoms with Crippen LogP contribution in [-0.2, 0) is 4.79 Å². The zero-order chi connectivity index (χ0) is 22.8. The van der Waals surface area contributed by atoms with Gasteiger partial charge < -0.3 is 9.80 Å². The van der Waals surface area contributed by atoms with Gasteiger partial charge in [0.25, 0.3) is 0 Å². The number of carbonyl (C=O) groups excluding carboxylic acids is 1. The fourth-order valence-electron chi connectivity index (χ4n) is 4.85. The highest BCUT2D eigenvalue weighted by molar-refractivity contribution is 5.78. The maximum absolute atomic E-state index is 13.5. The summed E-state index contributed by atoms with van der Waals surface area (Å²) in [6, 6.07) is 4.08. The van der Waals surface area contributed by atoms with Gasteiger partial charge in [-0.3, -0.25) is 19.6 Å². The molecule has 2 saturated heterocycles. The SMILES string of the molecule is O=C(CN1CCN(c2cnc(-c3cc(F)cc(F)c3)cn2)CC1)N1CCN(C2CCC2)CC1. The molecule has 2 aromatic rings. The van der Waals surface area contributed by atoms with Crippen LogP contribution in [-0.4, -0.2) is 95.5 Å². The third-order valence-corrected chi connectivity index (χ3v) is 7.11. The van der Waals surface area contributed by atoms with Crippen molar-refractivity contribution >= 4 is 11.7 Å². The van der Waals surface area contributed by atoms with E-state index in [0.29, 0.717) is 17.8 Å². The number of anilines is 1. The van der Waals surface area contributed by atoms with Crippen LogP contribution in [0.1, 0.15) is 19.3 Å². The minimum absolute atomic E-state index is 0.225. The van der Waals surface area contributed by atoms with Gasteiger partial charge in [-0.2, -0.15) is 0 Å². The van der Waals surface area contributed by atoms with Crippen LogP contribution in [0.25, 0.3) is 11.3 Å². The monoisotopic (exact) mass is 456 g/mol. The van der Waals surface area contributed by atoms with Crippen molar-refractivity contribution in [3.63, 3.8) is 0 Å². The van der Waals surface area contributed by atoms with E-state index in [4.69, 9.17) is 0 Å². The Morgan fingerprint density at radius 3 is 2.15 bits per heavy atom. The van der Waals surface area contributed by atoms with E-state index < -0.39 is 11.6 Å². The number of piperazine rings is 2. The Hall–Kier alpha value is -2.65. The molecule has 1 saturated carbocycles. The lowest BCUT2D eigenvalue weighted by Gasteiger charge is -2.43. The molecule has 176 valence electrons. The van der Waals surface area contributed by atoms with E-state index in [1.54, 1.807) is 12.4 Å². The number of hydrogen-bond acceptors (Lipinski definition) is 6.